The predicted octanol–water partition coefficient (Wildman–Crippen LogP) is 5.12. The van der Waals surface area contributed by atoms with Crippen LogP contribution in [0.1, 0.15) is 31.9 Å². The number of hydrogen-bond donors (Lipinski definition) is 0. The molecule has 0 aliphatic rings. The first-order chi connectivity index (χ1) is 9.25. The molecule has 1 rings (SSSR count). The highest BCUT2D eigenvalue weighted by atomic mass is 79.9. The van der Waals surface area contributed by atoms with E-state index in [4.69, 9.17) is 0 Å². The van der Waals surface area contributed by atoms with Gasteiger partial charge in [-0.25, -0.2) is 0 Å². The summed E-state index contributed by atoms with van der Waals surface area (Å²) in [5.74, 6) is 0.0373. The lowest BCUT2D eigenvalue weighted by Gasteiger charge is -2.19. The molecule has 0 aliphatic heterocycles. The van der Waals surface area contributed by atoms with Crippen LogP contribution in [-0.4, -0.2) is 5.78 Å². The number of halogens is 1. The van der Waals surface area contributed by atoms with Gasteiger partial charge in [0.2, 0.25) is 0 Å². The monoisotopic (exact) mass is 332 g/mol. The molecular formula is C18H21BrO. The molecular weight excluding hydrogens is 312 g/mol. The molecule has 0 aromatic heterocycles. The zero-order valence-corrected chi connectivity index (χ0v) is 14.0. The standard InChI is InChI=1S/C18H21BrO/c1-6-7-16(13(2)19)17(20)12-14-8-10-15(11-9-14)18(3,4)5/h6-11H,1-2,12H2,3-5H3/b16-7+. The molecule has 0 saturated heterocycles. The number of hydrogen-bond acceptors (Lipinski definition) is 1. The van der Waals surface area contributed by atoms with E-state index in [1.807, 2.05) is 12.1 Å². The second kappa shape index (κ2) is 6.85. The van der Waals surface area contributed by atoms with Crippen molar-refractivity contribution < 1.29 is 4.79 Å². The van der Waals surface area contributed by atoms with Gasteiger partial charge in [-0.3, -0.25) is 4.79 Å². The van der Waals surface area contributed by atoms with Gasteiger partial charge in [0.1, 0.15) is 0 Å². The molecule has 0 saturated carbocycles. The molecule has 20 heavy (non-hydrogen) atoms. The van der Waals surface area contributed by atoms with Gasteiger partial charge in [0.15, 0.2) is 5.78 Å². The van der Waals surface area contributed by atoms with Gasteiger partial charge in [-0.1, -0.05) is 86.3 Å². The number of rotatable bonds is 5. The minimum atomic E-state index is 0.0373. The number of carbonyl (C=O) groups excluding carboxylic acids is 1. The van der Waals surface area contributed by atoms with Crippen molar-refractivity contribution in [2.45, 2.75) is 32.6 Å². The van der Waals surface area contributed by atoms with Crippen LogP contribution in [0, 0.1) is 0 Å². The Morgan fingerprint density at radius 3 is 2.20 bits per heavy atom. The average molecular weight is 333 g/mol. The quantitative estimate of drug-likeness (QED) is 0.540. The molecule has 0 amide bonds. The first-order valence-electron chi connectivity index (χ1n) is 6.56. The summed E-state index contributed by atoms with van der Waals surface area (Å²) in [4.78, 5) is 12.2. The molecule has 2 heteroatoms. The molecule has 1 aromatic rings. The van der Waals surface area contributed by atoms with Crippen molar-refractivity contribution in [1.82, 2.24) is 0 Å². The van der Waals surface area contributed by atoms with E-state index < -0.39 is 0 Å². The van der Waals surface area contributed by atoms with Gasteiger partial charge in [0.05, 0.1) is 0 Å². The third-order valence-electron chi connectivity index (χ3n) is 3.06. The summed E-state index contributed by atoms with van der Waals surface area (Å²) < 4.78 is 0.591. The second-order valence-electron chi connectivity index (χ2n) is 5.77. The van der Waals surface area contributed by atoms with Gasteiger partial charge in [0, 0.05) is 16.5 Å². The molecule has 106 valence electrons. The van der Waals surface area contributed by atoms with Crippen molar-refractivity contribution in [2.24, 2.45) is 0 Å². The lowest BCUT2D eigenvalue weighted by Crippen LogP contribution is -2.11. The Labute approximate surface area is 130 Å². The third-order valence-corrected chi connectivity index (χ3v) is 3.49. The molecule has 0 spiro atoms. The Morgan fingerprint density at radius 1 is 1.25 bits per heavy atom. The summed E-state index contributed by atoms with van der Waals surface area (Å²) in [5.41, 5.74) is 2.97. The molecule has 1 aromatic carbocycles. The van der Waals surface area contributed by atoms with E-state index in [9.17, 15) is 4.79 Å². The fourth-order valence-electron chi connectivity index (χ4n) is 1.86. The van der Waals surface area contributed by atoms with E-state index in [-0.39, 0.29) is 11.2 Å². The molecule has 0 radical (unpaired) electrons. The first kappa shape index (κ1) is 16.6. The van der Waals surface area contributed by atoms with Gasteiger partial charge in [-0.05, 0) is 16.5 Å². The van der Waals surface area contributed by atoms with Crippen LogP contribution in [0.5, 0.6) is 0 Å². The zero-order chi connectivity index (χ0) is 15.3. The second-order valence-corrected chi connectivity index (χ2v) is 6.73. The first-order valence-corrected chi connectivity index (χ1v) is 7.35. The largest absolute Gasteiger partial charge is 0.294 e. The molecule has 0 aliphatic carbocycles. The van der Waals surface area contributed by atoms with Gasteiger partial charge in [-0.15, -0.1) is 0 Å². The Kier molecular flexibility index (Phi) is 5.70. The van der Waals surface area contributed by atoms with Crippen LogP contribution < -0.4 is 0 Å². The summed E-state index contributed by atoms with van der Waals surface area (Å²) in [5, 5.41) is 0. The Balaban J connectivity index is 2.89. The summed E-state index contributed by atoms with van der Waals surface area (Å²) in [6.45, 7) is 13.9. The predicted molar refractivity (Wildman–Crippen MR) is 90.2 cm³/mol. The third kappa shape index (κ3) is 4.61. The Morgan fingerprint density at radius 2 is 1.80 bits per heavy atom. The molecule has 0 bridgehead atoms. The lowest BCUT2D eigenvalue weighted by atomic mass is 9.86. The number of Topliss-reactive ketones (excluding diaryl/α,β-unsaturated/α-hetero) is 1. The highest BCUT2D eigenvalue weighted by Crippen LogP contribution is 2.23. The van der Waals surface area contributed by atoms with Crippen LogP contribution in [0.3, 0.4) is 0 Å². The van der Waals surface area contributed by atoms with E-state index in [0.29, 0.717) is 16.5 Å². The van der Waals surface area contributed by atoms with Crippen LogP contribution in [0.15, 0.2) is 59.6 Å². The number of carbonyl (C=O) groups is 1. The maximum atomic E-state index is 12.2. The van der Waals surface area contributed by atoms with Crippen molar-refractivity contribution in [2.75, 3.05) is 0 Å². The van der Waals surface area contributed by atoms with E-state index in [1.54, 1.807) is 12.2 Å². The summed E-state index contributed by atoms with van der Waals surface area (Å²) in [7, 11) is 0. The van der Waals surface area contributed by atoms with Crippen molar-refractivity contribution >= 4 is 21.7 Å². The zero-order valence-electron chi connectivity index (χ0n) is 12.4. The van der Waals surface area contributed by atoms with E-state index in [2.05, 4.69) is 62.0 Å². The molecule has 0 atom stereocenters. The molecule has 0 unspecified atom stereocenters. The minimum absolute atomic E-state index is 0.0373. The smallest absolute Gasteiger partial charge is 0.168 e. The van der Waals surface area contributed by atoms with Crippen LogP contribution in [0.4, 0.5) is 0 Å². The molecule has 0 N–H and O–H groups in total. The topological polar surface area (TPSA) is 17.1 Å². The normalized spacial score (nSPS) is 12.1. The van der Waals surface area contributed by atoms with E-state index >= 15 is 0 Å². The average Bonchev–Trinajstić information content (AvgIpc) is 2.34. The van der Waals surface area contributed by atoms with Gasteiger partial charge in [-0.2, -0.15) is 0 Å². The van der Waals surface area contributed by atoms with Crippen LogP contribution in [-0.2, 0) is 16.6 Å². The lowest BCUT2D eigenvalue weighted by molar-refractivity contribution is -0.114. The summed E-state index contributed by atoms with van der Waals surface area (Å²) in [6.07, 6.45) is 3.65. The summed E-state index contributed by atoms with van der Waals surface area (Å²) in [6, 6.07) is 8.20. The number of benzene rings is 1. The number of allylic oxidation sites excluding steroid dienone is 4. The SMILES string of the molecule is C=C/C=C(\C(=C)Br)C(=O)Cc1ccc(C(C)(C)C)cc1. The van der Waals surface area contributed by atoms with Crippen LogP contribution in [0.25, 0.3) is 0 Å². The molecule has 0 fully saturated rings. The number of ketones is 1. The van der Waals surface area contributed by atoms with E-state index in [0.717, 1.165) is 5.56 Å². The van der Waals surface area contributed by atoms with Crippen LogP contribution in [0.2, 0.25) is 0 Å². The summed E-state index contributed by atoms with van der Waals surface area (Å²) >= 11 is 3.26. The van der Waals surface area contributed by atoms with Crippen molar-refractivity contribution in [3.63, 3.8) is 0 Å². The van der Waals surface area contributed by atoms with Crippen molar-refractivity contribution in [3.8, 4) is 0 Å². The van der Waals surface area contributed by atoms with Crippen molar-refractivity contribution in [1.29, 1.82) is 0 Å². The Hall–Kier alpha value is -1.41. The molecule has 0 heterocycles. The minimum Gasteiger partial charge on any atom is -0.294 e. The maximum Gasteiger partial charge on any atom is 0.168 e. The molecule has 1 nitrogen and oxygen atoms in total. The maximum absolute atomic E-state index is 12.2. The highest BCUT2D eigenvalue weighted by Gasteiger charge is 2.15. The van der Waals surface area contributed by atoms with Crippen LogP contribution >= 0.6 is 15.9 Å². The van der Waals surface area contributed by atoms with Gasteiger partial charge >= 0.3 is 0 Å². The highest BCUT2D eigenvalue weighted by molar-refractivity contribution is 9.12. The Bertz CT molecular complexity index is 542. The fraction of sp³-hybridized carbons (Fsp3) is 0.278. The van der Waals surface area contributed by atoms with Gasteiger partial charge in [0.25, 0.3) is 0 Å². The van der Waals surface area contributed by atoms with Crippen molar-refractivity contribution in [3.05, 3.63) is 70.8 Å². The van der Waals surface area contributed by atoms with E-state index in [1.165, 1.54) is 5.56 Å². The fourth-order valence-corrected chi connectivity index (χ4v) is 2.21. The van der Waals surface area contributed by atoms with Gasteiger partial charge < -0.3 is 0 Å².